The Morgan fingerprint density at radius 2 is 1.69 bits per heavy atom. The number of nitrogens with one attached hydrogen (secondary N) is 2. The van der Waals surface area contributed by atoms with Gasteiger partial charge in [-0.2, -0.15) is 15.0 Å². The minimum absolute atomic E-state index is 0.0409. The highest BCUT2D eigenvalue weighted by atomic mass is 32.2. The number of anilines is 2. The molecule has 8 nitrogen and oxygen atoms in total. The Hall–Kier alpha value is -1.69. The van der Waals surface area contributed by atoms with Gasteiger partial charge in [-0.3, -0.25) is 8.75 Å². The molecule has 0 amide bonds. The first kappa shape index (κ1) is 29.5. The zero-order valence-corrected chi connectivity index (χ0v) is 25.1. The fourth-order valence-electron chi connectivity index (χ4n) is 3.16. The first-order chi connectivity index (χ1) is 16.1. The highest BCUT2D eigenvalue weighted by Crippen LogP contribution is 2.37. The summed E-state index contributed by atoms with van der Waals surface area (Å²) >= 11 is 1.50. The lowest BCUT2D eigenvalue weighted by molar-refractivity contribution is 0.259. The van der Waals surface area contributed by atoms with Crippen molar-refractivity contribution in [1.82, 2.24) is 15.0 Å². The summed E-state index contributed by atoms with van der Waals surface area (Å²) < 4.78 is 21.3. The topological polar surface area (TPSA) is 112 Å². The van der Waals surface area contributed by atoms with Crippen LogP contribution >= 0.6 is 11.8 Å². The van der Waals surface area contributed by atoms with Gasteiger partial charge in [-0.15, -0.1) is 0 Å². The third kappa shape index (κ3) is 9.36. The maximum absolute atomic E-state index is 13.5. The van der Waals surface area contributed by atoms with Crippen LogP contribution in [-0.4, -0.2) is 51.4 Å². The van der Waals surface area contributed by atoms with Crippen LogP contribution in [0.25, 0.3) is 0 Å². The van der Waals surface area contributed by atoms with E-state index in [1.165, 1.54) is 11.8 Å². The van der Waals surface area contributed by atoms with Crippen LogP contribution in [-0.2, 0) is 9.92 Å². The summed E-state index contributed by atoms with van der Waals surface area (Å²) in [6, 6.07) is 9.94. The van der Waals surface area contributed by atoms with Crippen LogP contribution in [0.1, 0.15) is 58.8 Å². The predicted octanol–water partition coefficient (Wildman–Crippen LogP) is 5.97. The van der Waals surface area contributed by atoms with Crippen LogP contribution in [0.3, 0.4) is 0 Å². The number of aliphatic hydroxyl groups excluding tert-OH is 1. The zero-order chi connectivity index (χ0) is 26.4. The van der Waals surface area contributed by atoms with Gasteiger partial charge in [-0.05, 0) is 43.0 Å². The van der Waals surface area contributed by atoms with E-state index in [9.17, 15) is 9.32 Å². The Morgan fingerprint density at radius 3 is 2.23 bits per heavy atom. The van der Waals surface area contributed by atoms with E-state index in [4.69, 9.17) is 4.03 Å². The molecule has 0 radical (unpaired) electrons. The maximum Gasteiger partial charge on any atom is 0.241 e. The van der Waals surface area contributed by atoms with Gasteiger partial charge in [-0.25, -0.2) is 4.21 Å². The predicted molar refractivity (Wildman–Crippen MR) is 152 cm³/mol. The molecule has 3 atom stereocenters. The molecule has 2 rings (SSSR count). The summed E-state index contributed by atoms with van der Waals surface area (Å²) in [6.45, 7) is 16.9. The van der Waals surface area contributed by atoms with E-state index in [2.05, 4.69) is 91.8 Å². The summed E-state index contributed by atoms with van der Waals surface area (Å²) in [7, 11) is -4.98. The number of hydrogen-bond acceptors (Lipinski definition) is 8. The molecular formula is C24H42N6O2S2Si. The quantitative estimate of drug-likeness (QED) is 0.238. The van der Waals surface area contributed by atoms with E-state index >= 15 is 0 Å². The van der Waals surface area contributed by atoms with Crippen molar-refractivity contribution in [3.63, 3.8) is 0 Å². The Labute approximate surface area is 217 Å². The molecule has 35 heavy (non-hydrogen) atoms. The average Bonchev–Trinajstić information content (AvgIpc) is 2.71. The van der Waals surface area contributed by atoms with Crippen LogP contribution in [0, 0.1) is 5.92 Å². The van der Waals surface area contributed by atoms with Crippen LogP contribution in [0.15, 0.2) is 39.5 Å². The van der Waals surface area contributed by atoms with Gasteiger partial charge < -0.3 is 10.4 Å². The highest BCUT2D eigenvalue weighted by Gasteiger charge is 2.37. The van der Waals surface area contributed by atoms with Gasteiger partial charge in [0.15, 0.2) is 13.4 Å². The molecule has 1 aromatic heterocycles. The summed E-state index contributed by atoms with van der Waals surface area (Å²) in [5.41, 5.74) is 1.15. The molecule has 11 heteroatoms. The molecule has 1 heterocycles. The van der Waals surface area contributed by atoms with E-state index < -0.39 is 18.2 Å². The Morgan fingerprint density at radius 1 is 1.09 bits per heavy atom. The smallest absolute Gasteiger partial charge is 0.241 e. The van der Waals surface area contributed by atoms with Crippen LogP contribution in [0.4, 0.5) is 11.9 Å². The molecule has 0 saturated heterocycles. The van der Waals surface area contributed by atoms with E-state index in [-0.39, 0.29) is 28.9 Å². The zero-order valence-electron chi connectivity index (χ0n) is 22.5. The molecule has 0 saturated carbocycles. The van der Waals surface area contributed by atoms with Crippen molar-refractivity contribution in [1.29, 1.82) is 0 Å². The van der Waals surface area contributed by atoms with Crippen molar-refractivity contribution in [2.45, 2.75) is 82.5 Å². The highest BCUT2D eigenvalue weighted by molar-refractivity contribution is 7.99. The lowest BCUT2D eigenvalue weighted by Crippen LogP contribution is -2.37. The lowest BCUT2D eigenvalue weighted by Gasteiger charge is -2.32. The van der Waals surface area contributed by atoms with Crippen LogP contribution < -0.4 is 10.0 Å². The van der Waals surface area contributed by atoms with Gasteiger partial charge in [0.25, 0.3) is 0 Å². The second-order valence-corrected chi connectivity index (χ2v) is 19.4. The first-order valence-corrected chi connectivity index (χ1v) is 17.7. The standard InChI is InChI=1S/C24H42N6O2S2Si/c1-17(2)15-20(16-31)25-21-26-22(29-34(7,32)30-35(8,9)24(4,5)6)28-23(27-21)33-18(3)19-13-11-10-12-14-19/h10-14,17-18,20,31H,15-16H2,1-9H3,(H2,25,26,27,28,29,30,32)/t18?,20-,34?/m1/s1. The Bertz CT molecular complexity index is 1080. The number of thioether (sulfide) groups is 1. The number of aromatic nitrogens is 3. The summed E-state index contributed by atoms with van der Waals surface area (Å²) in [6.07, 6.45) is 2.36. The number of hydrogen-bond donors (Lipinski definition) is 3. The van der Waals surface area contributed by atoms with Crippen LogP contribution in [0.2, 0.25) is 18.1 Å². The number of rotatable bonds is 11. The fourth-order valence-corrected chi connectivity index (χ4v) is 9.24. The molecule has 196 valence electrons. The van der Waals surface area contributed by atoms with Crippen molar-refractivity contribution in [3.8, 4) is 0 Å². The minimum Gasteiger partial charge on any atom is -0.394 e. The van der Waals surface area contributed by atoms with Crippen molar-refractivity contribution in [3.05, 3.63) is 35.9 Å². The van der Waals surface area contributed by atoms with E-state index in [1.54, 1.807) is 6.26 Å². The second kappa shape index (κ2) is 12.0. The van der Waals surface area contributed by atoms with E-state index in [0.29, 0.717) is 17.0 Å². The largest absolute Gasteiger partial charge is 0.394 e. The normalized spacial score (nSPS) is 15.9. The molecule has 0 aliphatic rings. The van der Waals surface area contributed by atoms with Gasteiger partial charge in [-0.1, -0.05) is 76.7 Å². The second-order valence-electron chi connectivity index (χ2n) is 10.9. The van der Waals surface area contributed by atoms with Crippen molar-refractivity contribution in [2.24, 2.45) is 9.95 Å². The van der Waals surface area contributed by atoms with Gasteiger partial charge in [0.1, 0.15) is 9.92 Å². The number of benzene rings is 1. The SMILES string of the molecule is CC(C)C[C@H](CO)Nc1nc(NS(C)(=O)=N[Si](C)(C)C(C)(C)C)nc(SC(C)c2ccccc2)n1. The molecule has 0 bridgehead atoms. The fraction of sp³-hybridized carbons (Fsp3) is 0.625. The molecule has 0 spiro atoms. The molecule has 2 unspecified atom stereocenters. The molecule has 0 aliphatic heterocycles. The first-order valence-electron chi connectivity index (χ1n) is 12.0. The molecule has 0 fully saturated rings. The van der Waals surface area contributed by atoms with Gasteiger partial charge in [0.2, 0.25) is 11.9 Å². The third-order valence-corrected chi connectivity index (χ3v) is 14.5. The average molecular weight is 539 g/mol. The third-order valence-electron chi connectivity index (χ3n) is 5.99. The monoisotopic (exact) mass is 538 g/mol. The Balaban J connectivity index is 2.43. The molecule has 3 N–H and O–H groups in total. The number of aliphatic hydroxyl groups is 1. The molecule has 2 aromatic rings. The van der Waals surface area contributed by atoms with Crippen molar-refractivity contribution in [2.75, 3.05) is 22.9 Å². The molecular weight excluding hydrogens is 497 g/mol. The van der Waals surface area contributed by atoms with Crippen molar-refractivity contribution >= 4 is 41.8 Å². The number of nitrogens with zero attached hydrogens (tertiary/aromatic N) is 4. The minimum atomic E-state index is -2.80. The van der Waals surface area contributed by atoms with Crippen LogP contribution in [0.5, 0.6) is 0 Å². The van der Waals surface area contributed by atoms with Crippen molar-refractivity contribution < 1.29 is 9.32 Å². The van der Waals surface area contributed by atoms with Gasteiger partial charge in [0, 0.05) is 11.5 Å². The van der Waals surface area contributed by atoms with Gasteiger partial charge in [0.05, 0.1) is 12.6 Å². The molecule has 1 aromatic carbocycles. The molecule has 0 aliphatic carbocycles. The van der Waals surface area contributed by atoms with E-state index in [1.807, 2.05) is 18.2 Å². The lowest BCUT2D eigenvalue weighted by atomic mass is 10.0. The Kier molecular flexibility index (Phi) is 10.2. The summed E-state index contributed by atoms with van der Waals surface area (Å²) in [5, 5.41) is 13.6. The van der Waals surface area contributed by atoms with Gasteiger partial charge >= 0.3 is 0 Å². The summed E-state index contributed by atoms with van der Waals surface area (Å²) in [5.74, 6) is 0.942. The maximum atomic E-state index is 13.5. The van der Waals surface area contributed by atoms with E-state index in [0.717, 1.165) is 12.0 Å². The summed E-state index contributed by atoms with van der Waals surface area (Å²) in [4.78, 5) is 13.7.